The Hall–Kier alpha value is -2.60. The van der Waals surface area contributed by atoms with Gasteiger partial charge in [-0.1, -0.05) is 18.2 Å². The molecule has 0 saturated heterocycles. The largest absolute Gasteiger partial charge is 0.396 e. The van der Waals surface area contributed by atoms with Crippen molar-refractivity contribution in [2.75, 3.05) is 18.5 Å². The second-order valence-corrected chi connectivity index (χ2v) is 5.49. The van der Waals surface area contributed by atoms with Crippen molar-refractivity contribution in [3.63, 3.8) is 0 Å². The number of para-hydroxylation sites is 1. The molecule has 0 bridgehead atoms. The standard InChI is InChI=1S/C17H20N4O2/c1-11-13(7-9-22)16(23)21-17(20-11)18-8-6-12-10-19-15-5-3-2-4-14(12)15/h2-5,10,19,22H,6-9H2,1H3,(H2,18,20,21,23). The molecule has 2 aromatic heterocycles. The molecule has 3 rings (SSSR count). The molecule has 0 aliphatic rings. The normalized spacial score (nSPS) is 11.0. The number of aromatic nitrogens is 3. The maximum Gasteiger partial charge on any atom is 0.255 e. The number of H-pyrrole nitrogens is 2. The van der Waals surface area contributed by atoms with Gasteiger partial charge in [0, 0.05) is 42.2 Å². The minimum atomic E-state index is -0.193. The lowest BCUT2D eigenvalue weighted by Crippen LogP contribution is -2.20. The lowest BCUT2D eigenvalue weighted by molar-refractivity contribution is 0.298. The Morgan fingerprint density at radius 3 is 2.87 bits per heavy atom. The summed E-state index contributed by atoms with van der Waals surface area (Å²) in [6.45, 7) is 2.40. The van der Waals surface area contributed by atoms with Crippen molar-refractivity contribution < 1.29 is 5.11 Å². The number of aliphatic hydroxyl groups excluding tert-OH is 1. The molecule has 23 heavy (non-hydrogen) atoms. The van der Waals surface area contributed by atoms with Gasteiger partial charge in [0.05, 0.1) is 5.69 Å². The summed E-state index contributed by atoms with van der Waals surface area (Å²) < 4.78 is 0. The van der Waals surface area contributed by atoms with Gasteiger partial charge in [-0.15, -0.1) is 0 Å². The van der Waals surface area contributed by atoms with E-state index in [0.29, 0.717) is 30.2 Å². The summed E-state index contributed by atoms with van der Waals surface area (Å²) in [5, 5.41) is 13.3. The van der Waals surface area contributed by atoms with E-state index in [0.717, 1.165) is 11.9 Å². The number of nitrogens with zero attached hydrogens (tertiary/aromatic N) is 1. The minimum Gasteiger partial charge on any atom is -0.396 e. The zero-order chi connectivity index (χ0) is 16.2. The average molecular weight is 312 g/mol. The van der Waals surface area contributed by atoms with Crippen LogP contribution in [0.1, 0.15) is 16.8 Å². The van der Waals surface area contributed by atoms with Gasteiger partial charge in [-0.05, 0) is 25.0 Å². The third kappa shape index (κ3) is 3.27. The Morgan fingerprint density at radius 2 is 2.09 bits per heavy atom. The fourth-order valence-corrected chi connectivity index (χ4v) is 2.75. The highest BCUT2D eigenvalue weighted by molar-refractivity contribution is 5.83. The number of hydrogen-bond acceptors (Lipinski definition) is 4. The number of aryl methyl sites for hydroxylation is 1. The highest BCUT2D eigenvalue weighted by Crippen LogP contribution is 2.18. The highest BCUT2D eigenvalue weighted by atomic mass is 16.3. The minimum absolute atomic E-state index is 0.0566. The van der Waals surface area contributed by atoms with Crippen LogP contribution in [-0.2, 0) is 12.8 Å². The fourth-order valence-electron chi connectivity index (χ4n) is 2.75. The van der Waals surface area contributed by atoms with Gasteiger partial charge >= 0.3 is 0 Å². The molecule has 3 aromatic rings. The van der Waals surface area contributed by atoms with Crippen molar-refractivity contribution in [2.45, 2.75) is 19.8 Å². The van der Waals surface area contributed by atoms with E-state index in [2.05, 4.69) is 32.4 Å². The number of rotatable bonds is 6. The molecule has 6 heteroatoms. The summed E-state index contributed by atoms with van der Waals surface area (Å²) in [4.78, 5) is 22.3. The van der Waals surface area contributed by atoms with E-state index in [-0.39, 0.29) is 12.2 Å². The monoisotopic (exact) mass is 312 g/mol. The predicted octanol–water partition coefficient (Wildman–Crippen LogP) is 1.75. The van der Waals surface area contributed by atoms with Crippen molar-refractivity contribution >= 4 is 16.9 Å². The summed E-state index contributed by atoms with van der Waals surface area (Å²) in [5.74, 6) is 0.467. The number of aliphatic hydroxyl groups is 1. The Kier molecular flexibility index (Phi) is 4.43. The summed E-state index contributed by atoms with van der Waals surface area (Å²) in [7, 11) is 0. The lowest BCUT2D eigenvalue weighted by Gasteiger charge is -2.08. The Morgan fingerprint density at radius 1 is 1.26 bits per heavy atom. The van der Waals surface area contributed by atoms with Gasteiger partial charge in [0.15, 0.2) is 0 Å². The first-order valence-electron chi connectivity index (χ1n) is 7.68. The second kappa shape index (κ2) is 6.66. The molecule has 0 amide bonds. The second-order valence-electron chi connectivity index (χ2n) is 5.49. The average Bonchev–Trinajstić information content (AvgIpc) is 2.94. The maximum absolute atomic E-state index is 12.0. The molecule has 6 nitrogen and oxygen atoms in total. The smallest absolute Gasteiger partial charge is 0.255 e. The Balaban J connectivity index is 1.68. The molecule has 4 N–H and O–H groups in total. The van der Waals surface area contributed by atoms with Gasteiger partial charge in [-0.25, -0.2) is 4.98 Å². The van der Waals surface area contributed by atoms with Crippen molar-refractivity contribution in [2.24, 2.45) is 0 Å². The summed E-state index contributed by atoms with van der Waals surface area (Å²) in [6, 6.07) is 8.17. The number of aromatic amines is 2. The van der Waals surface area contributed by atoms with Crippen LogP contribution in [0.25, 0.3) is 10.9 Å². The van der Waals surface area contributed by atoms with Crippen molar-refractivity contribution in [1.29, 1.82) is 0 Å². The van der Waals surface area contributed by atoms with Gasteiger partial charge < -0.3 is 15.4 Å². The zero-order valence-corrected chi connectivity index (χ0v) is 13.0. The van der Waals surface area contributed by atoms with E-state index < -0.39 is 0 Å². The molecule has 0 saturated carbocycles. The number of anilines is 1. The van der Waals surface area contributed by atoms with Crippen LogP contribution in [0, 0.1) is 6.92 Å². The molecular weight excluding hydrogens is 292 g/mol. The summed E-state index contributed by atoms with van der Waals surface area (Å²) in [5.41, 5.74) is 3.34. The van der Waals surface area contributed by atoms with Crippen LogP contribution in [0.3, 0.4) is 0 Å². The zero-order valence-electron chi connectivity index (χ0n) is 13.0. The summed E-state index contributed by atoms with van der Waals surface area (Å²) >= 11 is 0. The first-order valence-corrected chi connectivity index (χ1v) is 7.68. The number of hydrogen-bond donors (Lipinski definition) is 4. The van der Waals surface area contributed by atoms with Crippen LogP contribution in [0.5, 0.6) is 0 Å². The summed E-state index contributed by atoms with van der Waals surface area (Å²) in [6.07, 6.45) is 3.16. The molecule has 0 aliphatic heterocycles. The molecule has 0 atom stereocenters. The van der Waals surface area contributed by atoms with E-state index in [9.17, 15) is 4.79 Å². The molecule has 0 spiro atoms. The quantitative estimate of drug-likeness (QED) is 0.558. The van der Waals surface area contributed by atoms with Crippen LogP contribution in [0.2, 0.25) is 0 Å². The first kappa shape index (κ1) is 15.3. The number of fused-ring (bicyclic) bond motifs is 1. The van der Waals surface area contributed by atoms with Gasteiger partial charge in [0.1, 0.15) is 0 Å². The Labute approximate surface area is 133 Å². The van der Waals surface area contributed by atoms with Gasteiger partial charge in [0.25, 0.3) is 5.56 Å². The SMILES string of the molecule is Cc1nc(NCCc2c[nH]c3ccccc23)[nH]c(=O)c1CCO. The molecule has 1 aromatic carbocycles. The van der Waals surface area contributed by atoms with Crippen molar-refractivity contribution in [3.05, 3.63) is 57.6 Å². The van der Waals surface area contributed by atoms with E-state index in [1.807, 2.05) is 18.3 Å². The van der Waals surface area contributed by atoms with E-state index in [1.54, 1.807) is 6.92 Å². The third-order valence-corrected chi connectivity index (χ3v) is 3.95. The lowest BCUT2D eigenvalue weighted by atomic mass is 10.1. The Bertz CT molecular complexity index is 866. The van der Waals surface area contributed by atoms with Crippen LogP contribution in [0.4, 0.5) is 5.95 Å². The third-order valence-electron chi connectivity index (χ3n) is 3.95. The molecule has 120 valence electrons. The topological polar surface area (TPSA) is 93.8 Å². The van der Waals surface area contributed by atoms with Crippen LogP contribution < -0.4 is 10.9 Å². The van der Waals surface area contributed by atoms with Gasteiger partial charge in [-0.2, -0.15) is 0 Å². The van der Waals surface area contributed by atoms with E-state index in [4.69, 9.17) is 5.11 Å². The van der Waals surface area contributed by atoms with Gasteiger partial charge in [0.2, 0.25) is 5.95 Å². The molecular formula is C17H20N4O2. The van der Waals surface area contributed by atoms with Crippen LogP contribution >= 0.6 is 0 Å². The van der Waals surface area contributed by atoms with Crippen molar-refractivity contribution in [3.8, 4) is 0 Å². The molecule has 0 aliphatic carbocycles. The highest BCUT2D eigenvalue weighted by Gasteiger charge is 2.08. The number of benzene rings is 1. The molecule has 0 unspecified atom stereocenters. The maximum atomic E-state index is 12.0. The molecule has 0 radical (unpaired) electrons. The molecule has 2 heterocycles. The van der Waals surface area contributed by atoms with Crippen LogP contribution in [0.15, 0.2) is 35.3 Å². The van der Waals surface area contributed by atoms with E-state index in [1.165, 1.54) is 10.9 Å². The molecule has 0 fully saturated rings. The fraction of sp³-hybridized carbons (Fsp3) is 0.294. The first-order chi connectivity index (χ1) is 11.2. The van der Waals surface area contributed by atoms with Crippen molar-refractivity contribution in [1.82, 2.24) is 15.0 Å². The van der Waals surface area contributed by atoms with Crippen LogP contribution in [-0.4, -0.2) is 33.2 Å². The van der Waals surface area contributed by atoms with E-state index >= 15 is 0 Å². The number of nitrogens with one attached hydrogen (secondary N) is 3. The van der Waals surface area contributed by atoms with Gasteiger partial charge in [-0.3, -0.25) is 9.78 Å². The predicted molar refractivity (Wildman–Crippen MR) is 90.9 cm³/mol.